The maximum atomic E-state index is 12.0. The van der Waals surface area contributed by atoms with E-state index in [1.807, 2.05) is 6.07 Å². The van der Waals surface area contributed by atoms with Gasteiger partial charge in [-0.05, 0) is 36.2 Å². The first-order chi connectivity index (χ1) is 11.0. The van der Waals surface area contributed by atoms with Gasteiger partial charge < -0.3 is 15.3 Å². The minimum Gasteiger partial charge on any atom is -0.508 e. The Kier molecular flexibility index (Phi) is 5.36. The first kappa shape index (κ1) is 16.5. The third kappa shape index (κ3) is 4.57. The zero-order valence-electron chi connectivity index (χ0n) is 13.2. The van der Waals surface area contributed by atoms with Crippen LogP contribution < -0.4 is 5.32 Å². The van der Waals surface area contributed by atoms with Crippen molar-refractivity contribution >= 4 is 17.5 Å². The fourth-order valence-corrected chi connectivity index (χ4v) is 2.18. The zero-order chi connectivity index (χ0) is 16.8. The molecule has 120 valence electrons. The Morgan fingerprint density at radius 3 is 2.52 bits per heavy atom. The highest BCUT2D eigenvalue weighted by atomic mass is 16.3. The number of hydrogen-bond donors (Lipinski definition) is 2. The average Bonchev–Trinajstić information content (AvgIpc) is 2.53. The third-order valence-corrected chi connectivity index (χ3v) is 3.41. The highest BCUT2D eigenvalue weighted by Crippen LogP contribution is 2.18. The average molecular weight is 312 g/mol. The molecule has 0 saturated heterocycles. The first-order valence-electron chi connectivity index (χ1n) is 7.36. The normalized spacial score (nSPS) is 10.2. The number of rotatable bonds is 5. The molecule has 2 amide bonds. The molecule has 5 nitrogen and oxygen atoms in total. The van der Waals surface area contributed by atoms with Crippen LogP contribution in [0.25, 0.3) is 0 Å². The number of amides is 2. The Morgan fingerprint density at radius 1 is 1.09 bits per heavy atom. The number of nitrogens with zero attached hydrogens (tertiary/aromatic N) is 1. The molecular formula is C18H20N2O3. The van der Waals surface area contributed by atoms with Crippen molar-refractivity contribution in [2.45, 2.75) is 12.8 Å². The van der Waals surface area contributed by atoms with Crippen molar-refractivity contribution in [3.05, 3.63) is 59.7 Å². The second-order valence-electron chi connectivity index (χ2n) is 5.46. The van der Waals surface area contributed by atoms with E-state index in [0.29, 0.717) is 17.7 Å². The summed E-state index contributed by atoms with van der Waals surface area (Å²) in [5.41, 5.74) is 1.84. The zero-order valence-corrected chi connectivity index (χ0v) is 13.2. The Balaban J connectivity index is 1.97. The fraction of sp³-hybridized carbons (Fsp3) is 0.222. The van der Waals surface area contributed by atoms with Crippen molar-refractivity contribution in [2.24, 2.45) is 0 Å². The molecule has 0 aliphatic carbocycles. The van der Waals surface area contributed by atoms with Gasteiger partial charge in [0, 0.05) is 31.8 Å². The van der Waals surface area contributed by atoms with E-state index in [0.717, 1.165) is 5.56 Å². The van der Waals surface area contributed by atoms with Crippen LogP contribution in [0.5, 0.6) is 5.75 Å². The number of aromatic hydroxyl groups is 1. The number of nitrogens with one attached hydrogen (secondary N) is 1. The van der Waals surface area contributed by atoms with Crippen LogP contribution in [0.1, 0.15) is 22.3 Å². The van der Waals surface area contributed by atoms with Crippen LogP contribution in [0.2, 0.25) is 0 Å². The van der Waals surface area contributed by atoms with Gasteiger partial charge in [0.15, 0.2) is 0 Å². The highest BCUT2D eigenvalue weighted by molar-refractivity contribution is 5.97. The molecule has 2 aromatic rings. The number of carbonyl (C=O) groups is 2. The second kappa shape index (κ2) is 7.45. The number of anilines is 1. The number of phenols is 1. The molecule has 0 fully saturated rings. The van der Waals surface area contributed by atoms with Crippen LogP contribution in [0.15, 0.2) is 48.5 Å². The van der Waals surface area contributed by atoms with Crippen molar-refractivity contribution < 1.29 is 14.7 Å². The van der Waals surface area contributed by atoms with E-state index in [2.05, 4.69) is 5.32 Å². The summed E-state index contributed by atoms with van der Waals surface area (Å²) in [7, 11) is 3.36. The Morgan fingerprint density at radius 2 is 1.83 bits per heavy atom. The molecule has 0 radical (unpaired) electrons. The van der Waals surface area contributed by atoms with Crippen LogP contribution >= 0.6 is 0 Å². The van der Waals surface area contributed by atoms with Crippen LogP contribution in [0.4, 0.5) is 5.69 Å². The summed E-state index contributed by atoms with van der Waals surface area (Å²) in [5.74, 6) is -0.0862. The lowest BCUT2D eigenvalue weighted by Crippen LogP contribution is -2.22. The van der Waals surface area contributed by atoms with E-state index in [1.54, 1.807) is 56.6 Å². The molecule has 5 heteroatoms. The van der Waals surface area contributed by atoms with Crippen molar-refractivity contribution in [1.29, 1.82) is 0 Å². The van der Waals surface area contributed by atoms with Gasteiger partial charge in [-0.15, -0.1) is 0 Å². The van der Waals surface area contributed by atoms with Gasteiger partial charge in [-0.3, -0.25) is 9.59 Å². The van der Waals surface area contributed by atoms with Gasteiger partial charge in [-0.1, -0.05) is 24.3 Å². The standard InChI is InChI=1S/C18H20N2O3/c1-20(2)18(23)14-7-5-8-15(12-14)19-17(22)11-10-13-6-3-4-9-16(13)21/h3-9,12,21H,10-11H2,1-2H3,(H,19,22). The van der Waals surface area contributed by atoms with Gasteiger partial charge in [0.25, 0.3) is 5.91 Å². The summed E-state index contributed by atoms with van der Waals surface area (Å²) in [6.07, 6.45) is 0.707. The molecule has 0 heterocycles. The van der Waals surface area contributed by atoms with E-state index in [4.69, 9.17) is 0 Å². The van der Waals surface area contributed by atoms with Crippen LogP contribution in [-0.4, -0.2) is 35.9 Å². The minimum atomic E-state index is -0.164. The van der Waals surface area contributed by atoms with E-state index < -0.39 is 0 Å². The molecule has 23 heavy (non-hydrogen) atoms. The Hall–Kier alpha value is -2.82. The minimum absolute atomic E-state index is 0.115. The molecule has 2 aromatic carbocycles. The van der Waals surface area contributed by atoms with Gasteiger partial charge >= 0.3 is 0 Å². The highest BCUT2D eigenvalue weighted by Gasteiger charge is 2.10. The quantitative estimate of drug-likeness (QED) is 0.892. The van der Waals surface area contributed by atoms with Gasteiger partial charge in [0.1, 0.15) is 5.75 Å². The molecule has 0 unspecified atom stereocenters. The predicted octanol–water partition coefficient (Wildman–Crippen LogP) is 2.67. The largest absolute Gasteiger partial charge is 0.508 e. The Bertz CT molecular complexity index is 711. The lowest BCUT2D eigenvalue weighted by atomic mass is 10.1. The summed E-state index contributed by atoms with van der Waals surface area (Å²) < 4.78 is 0. The number of para-hydroxylation sites is 1. The van der Waals surface area contributed by atoms with E-state index >= 15 is 0 Å². The number of hydrogen-bond acceptors (Lipinski definition) is 3. The third-order valence-electron chi connectivity index (χ3n) is 3.41. The summed E-state index contributed by atoms with van der Waals surface area (Å²) in [6.45, 7) is 0. The molecule has 2 N–H and O–H groups in total. The summed E-state index contributed by atoms with van der Waals surface area (Å²) in [4.78, 5) is 25.4. The van der Waals surface area contributed by atoms with Crippen molar-refractivity contribution in [3.8, 4) is 5.75 Å². The van der Waals surface area contributed by atoms with E-state index in [1.165, 1.54) is 4.90 Å². The molecule has 0 bridgehead atoms. The SMILES string of the molecule is CN(C)C(=O)c1cccc(NC(=O)CCc2ccccc2O)c1. The van der Waals surface area contributed by atoms with Crippen molar-refractivity contribution in [3.63, 3.8) is 0 Å². The molecule has 0 saturated carbocycles. The van der Waals surface area contributed by atoms with E-state index in [-0.39, 0.29) is 24.0 Å². The van der Waals surface area contributed by atoms with Gasteiger partial charge in [0.2, 0.25) is 5.91 Å². The number of carbonyl (C=O) groups excluding carboxylic acids is 2. The second-order valence-corrected chi connectivity index (χ2v) is 5.46. The summed E-state index contributed by atoms with van der Waals surface area (Å²) in [5, 5.41) is 12.5. The monoisotopic (exact) mass is 312 g/mol. The van der Waals surface area contributed by atoms with Crippen LogP contribution in [-0.2, 0) is 11.2 Å². The molecule has 0 aliphatic heterocycles. The van der Waals surface area contributed by atoms with Crippen molar-refractivity contribution in [2.75, 3.05) is 19.4 Å². The maximum absolute atomic E-state index is 12.0. The molecule has 2 rings (SSSR count). The first-order valence-corrected chi connectivity index (χ1v) is 7.36. The summed E-state index contributed by atoms with van der Waals surface area (Å²) >= 11 is 0. The maximum Gasteiger partial charge on any atom is 0.253 e. The van der Waals surface area contributed by atoms with E-state index in [9.17, 15) is 14.7 Å². The number of phenolic OH excluding ortho intramolecular Hbond substituents is 1. The van der Waals surface area contributed by atoms with Crippen LogP contribution in [0.3, 0.4) is 0 Å². The Labute approximate surface area is 135 Å². The van der Waals surface area contributed by atoms with Crippen LogP contribution in [0, 0.1) is 0 Å². The fourth-order valence-electron chi connectivity index (χ4n) is 2.18. The number of aryl methyl sites for hydroxylation is 1. The van der Waals surface area contributed by atoms with Gasteiger partial charge in [0.05, 0.1) is 0 Å². The van der Waals surface area contributed by atoms with Gasteiger partial charge in [-0.25, -0.2) is 0 Å². The molecule has 0 atom stereocenters. The van der Waals surface area contributed by atoms with Gasteiger partial charge in [-0.2, -0.15) is 0 Å². The lowest BCUT2D eigenvalue weighted by Gasteiger charge is -2.12. The number of benzene rings is 2. The molecule has 0 aromatic heterocycles. The lowest BCUT2D eigenvalue weighted by molar-refractivity contribution is -0.116. The molecule has 0 spiro atoms. The predicted molar refractivity (Wildman–Crippen MR) is 89.5 cm³/mol. The molecular weight excluding hydrogens is 292 g/mol. The topological polar surface area (TPSA) is 69.6 Å². The summed E-state index contributed by atoms with van der Waals surface area (Å²) in [6, 6.07) is 13.8. The smallest absolute Gasteiger partial charge is 0.253 e. The molecule has 0 aliphatic rings. The van der Waals surface area contributed by atoms with Crippen molar-refractivity contribution in [1.82, 2.24) is 4.90 Å².